The molecule has 0 aromatic carbocycles. The van der Waals surface area contributed by atoms with Crippen molar-refractivity contribution in [1.29, 1.82) is 0 Å². The molecule has 0 aliphatic carbocycles. The number of hydrogen-bond acceptors (Lipinski definition) is 6. The average Bonchev–Trinajstić information content (AvgIpc) is 2.51. The summed E-state index contributed by atoms with van der Waals surface area (Å²) >= 11 is 0. The SMILES string of the molecule is CN(CCNC1CCN(CCOCCO)CC1)C(=O)OC(C)(C)C. The van der Waals surface area contributed by atoms with E-state index in [-0.39, 0.29) is 12.7 Å². The molecule has 1 aliphatic heterocycles. The van der Waals surface area contributed by atoms with Crippen molar-refractivity contribution in [3.05, 3.63) is 0 Å². The molecule has 142 valence electrons. The first-order chi connectivity index (χ1) is 11.3. The van der Waals surface area contributed by atoms with Crippen molar-refractivity contribution in [3.63, 3.8) is 0 Å². The maximum atomic E-state index is 11.9. The number of amides is 1. The third-order valence-corrected chi connectivity index (χ3v) is 3.96. The Kier molecular flexibility index (Phi) is 9.58. The van der Waals surface area contributed by atoms with Crippen molar-refractivity contribution in [2.24, 2.45) is 0 Å². The summed E-state index contributed by atoms with van der Waals surface area (Å²) in [5, 5.41) is 12.2. The smallest absolute Gasteiger partial charge is 0.410 e. The Bertz CT molecular complexity index is 352. The molecule has 0 unspecified atom stereocenters. The molecule has 0 aromatic rings. The van der Waals surface area contributed by atoms with Crippen LogP contribution in [-0.2, 0) is 9.47 Å². The summed E-state index contributed by atoms with van der Waals surface area (Å²) in [6.45, 7) is 11.3. The number of likely N-dealkylation sites (N-methyl/N-ethyl adjacent to an activating group) is 1. The molecule has 1 heterocycles. The van der Waals surface area contributed by atoms with Crippen LogP contribution in [0.15, 0.2) is 0 Å². The minimum atomic E-state index is -0.452. The van der Waals surface area contributed by atoms with Gasteiger partial charge in [0.15, 0.2) is 0 Å². The summed E-state index contributed by atoms with van der Waals surface area (Å²) in [4.78, 5) is 15.9. The van der Waals surface area contributed by atoms with E-state index in [9.17, 15) is 4.79 Å². The van der Waals surface area contributed by atoms with Gasteiger partial charge in [-0.15, -0.1) is 0 Å². The van der Waals surface area contributed by atoms with E-state index in [1.54, 1.807) is 11.9 Å². The van der Waals surface area contributed by atoms with Crippen LogP contribution in [0.2, 0.25) is 0 Å². The predicted octanol–water partition coefficient (Wildman–Crippen LogP) is 0.916. The Morgan fingerprint density at radius 2 is 1.96 bits per heavy atom. The first-order valence-corrected chi connectivity index (χ1v) is 8.90. The molecule has 1 saturated heterocycles. The van der Waals surface area contributed by atoms with Crippen LogP contribution in [0.25, 0.3) is 0 Å². The van der Waals surface area contributed by atoms with Crippen LogP contribution in [0.1, 0.15) is 33.6 Å². The molecule has 0 atom stereocenters. The highest BCUT2D eigenvalue weighted by atomic mass is 16.6. The van der Waals surface area contributed by atoms with E-state index in [0.717, 1.165) is 39.0 Å². The van der Waals surface area contributed by atoms with Crippen LogP contribution in [0.3, 0.4) is 0 Å². The second-order valence-corrected chi connectivity index (χ2v) is 7.31. The van der Waals surface area contributed by atoms with Gasteiger partial charge in [0.25, 0.3) is 0 Å². The van der Waals surface area contributed by atoms with Crippen LogP contribution >= 0.6 is 0 Å². The number of hydrogen-bond donors (Lipinski definition) is 2. The van der Waals surface area contributed by atoms with Gasteiger partial charge in [-0.2, -0.15) is 0 Å². The lowest BCUT2D eigenvalue weighted by atomic mass is 10.1. The van der Waals surface area contributed by atoms with Crippen molar-refractivity contribution >= 4 is 6.09 Å². The van der Waals surface area contributed by atoms with Crippen LogP contribution in [0.5, 0.6) is 0 Å². The van der Waals surface area contributed by atoms with Gasteiger partial charge in [0.1, 0.15) is 5.60 Å². The van der Waals surface area contributed by atoms with Crippen molar-refractivity contribution in [2.45, 2.75) is 45.3 Å². The topological polar surface area (TPSA) is 74.3 Å². The number of ether oxygens (including phenoxy) is 2. The van der Waals surface area contributed by atoms with Gasteiger partial charge in [-0.1, -0.05) is 0 Å². The van der Waals surface area contributed by atoms with Crippen molar-refractivity contribution in [3.8, 4) is 0 Å². The zero-order valence-corrected chi connectivity index (χ0v) is 15.7. The van der Waals surface area contributed by atoms with Gasteiger partial charge in [-0.25, -0.2) is 4.79 Å². The van der Waals surface area contributed by atoms with Crippen molar-refractivity contribution in [2.75, 3.05) is 59.6 Å². The van der Waals surface area contributed by atoms with E-state index in [1.165, 1.54) is 0 Å². The first-order valence-electron chi connectivity index (χ1n) is 8.90. The van der Waals surface area contributed by atoms with Gasteiger partial charge in [0.2, 0.25) is 0 Å². The van der Waals surface area contributed by atoms with E-state index in [2.05, 4.69) is 10.2 Å². The third-order valence-electron chi connectivity index (χ3n) is 3.96. The van der Waals surface area contributed by atoms with Crippen LogP contribution in [0, 0.1) is 0 Å². The van der Waals surface area contributed by atoms with Gasteiger partial charge >= 0.3 is 6.09 Å². The number of aliphatic hydroxyl groups is 1. The monoisotopic (exact) mass is 345 g/mol. The number of rotatable bonds is 9. The standard InChI is InChI=1S/C17H35N3O4/c1-17(2,3)24-16(22)19(4)10-7-18-15-5-8-20(9-6-15)11-13-23-14-12-21/h15,18,21H,5-14H2,1-4H3. The van der Waals surface area contributed by atoms with E-state index in [1.807, 2.05) is 20.8 Å². The molecule has 7 heteroatoms. The third kappa shape index (κ3) is 9.42. The minimum Gasteiger partial charge on any atom is -0.444 e. The Balaban J connectivity index is 2.10. The van der Waals surface area contributed by atoms with Gasteiger partial charge in [-0.3, -0.25) is 0 Å². The maximum Gasteiger partial charge on any atom is 0.410 e. The lowest BCUT2D eigenvalue weighted by Gasteiger charge is -2.32. The summed E-state index contributed by atoms with van der Waals surface area (Å²) in [5.41, 5.74) is -0.452. The summed E-state index contributed by atoms with van der Waals surface area (Å²) in [6, 6.07) is 0.506. The highest BCUT2D eigenvalue weighted by Crippen LogP contribution is 2.10. The Labute approximate surface area is 146 Å². The summed E-state index contributed by atoms with van der Waals surface area (Å²) < 4.78 is 10.6. The summed E-state index contributed by atoms with van der Waals surface area (Å²) in [6.07, 6.45) is 1.94. The van der Waals surface area contributed by atoms with Gasteiger partial charge in [0, 0.05) is 32.7 Å². The lowest BCUT2D eigenvalue weighted by molar-refractivity contribution is 0.0297. The van der Waals surface area contributed by atoms with Gasteiger partial charge in [0.05, 0.1) is 19.8 Å². The molecular formula is C17H35N3O4. The van der Waals surface area contributed by atoms with E-state index >= 15 is 0 Å². The zero-order valence-electron chi connectivity index (χ0n) is 15.7. The fourth-order valence-electron chi connectivity index (χ4n) is 2.59. The van der Waals surface area contributed by atoms with Crippen molar-refractivity contribution < 1.29 is 19.4 Å². The Morgan fingerprint density at radius 1 is 1.29 bits per heavy atom. The molecule has 1 aliphatic rings. The average molecular weight is 345 g/mol. The van der Waals surface area contributed by atoms with Crippen LogP contribution in [0.4, 0.5) is 4.79 Å². The second kappa shape index (κ2) is 10.9. The highest BCUT2D eigenvalue weighted by molar-refractivity contribution is 5.67. The van der Waals surface area contributed by atoms with E-state index < -0.39 is 5.60 Å². The van der Waals surface area contributed by atoms with Gasteiger partial charge in [-0.05, 0) is 46.7 Å². The van der Waals surface area contributed by atoms with E-state index in [0.29, 0.717) is 25.8 Å². The molecule has 0 bridgehead atoms. The van der Waals surface area contributed by atoms with Crippen LogP contribution in [-0.4, -0.2) is 92.2 Å². The largest absolute Gasteiger partial charge is 0.444 e. The zero-order chi connectivity index (χ0) is 18.0. The van der Waals surface area contributed by atoms with Gasteiger partial charge < -0.3 is 29.7 Å². The number of aliphatic hydroxyl groups excluding tert-OH is 1. The number of nitrogens with zero attached hydrogens (tertiary/aromatic N) is 2. The number of carbonyl (C=O) groups is 1. The molecular weight excluding hydrogens is 310 g/mol. The minimum absolute atomic E-state index is 0.0870. The Morgan fingerprint density at radius 3 is 2.54 bits per heavy atom. The normalized spacial score (nSPS) is 17.0. The number of likely N-dealkylation sites (tertiary alicyclic amines) is 1. The second-order valence-electron chi connectivity index (χ2n) is 7.31. The molecule has 24 heavy (non-hydrogen) atoms. The molecule has 0 spiro atoms. The fraction of sp³-hybridized carbons (Fsp3) is 0.941. The number of nitrogens with one attached hydrogen (secondary N) is 1. The highest BCUT2D eigenvalue weighted by Gasteiger charge is 2.21. The number of carbonyl (C=O) groups excluding carboxylic acids is 1. The quantitative estimate of drug-likeness (QED) is 0.605. The predicted molar refractivity (Wildman–Crippen MR) is 94.2 cm³/mol. The molecule has 7 nitrogen and oxygen atoms in total. The van der Waals surface area contributed by atoms with Crippen LogP contribution < -0.4 is 5.32 Å². The van der Waals surface area contributed by atoms with Crippen molar-refractivity contribution in [1.82, 2.24) is 15.1 Å². The molecule has 1 fully saturated rings. The fourth-order valence-corrected chi connectivity index (χ4v) is 2.59. The summed E-state index contributed by atoms with van der Waals surface area (Å²) in [7, 11) is 1.77. The summed E-state index contributed by atoms with van der Waals surface area (Å²) in [5.74, 6) is 0. The molecule has 0 aromatic heterocycles. The van der Waals surface area contributed by atoms with E-state index in [4.69, 9.17) is 14.6 Å². The molecule has 1 amide bonds. The maximum absolute atomic E-state index is 11.9. The molecule has 1 rings (SSSR count). The number of piperidine rings is 1. The molecule has 2 N–H and O–H groups in total. The molecule has 0 radical (unpaired) electrons. The lowest BCUT2D eigenvalue weighted by Crippen LogP contribution is -2.46. The molecule has 0 saturated carbocycles. The first kappa shape index (κ1) is 21.2. The Hall–Kier alpha value is -0.890.